The Balaban J connectivity index is 2.49. The molecule has 102 valence electrons. The quantitative estimate of drug-likeness (QED) is 0.680. The number of hydrogen-bond acceptors (Lipinski definition) is 4. The van der Waals surface area contributed by atoms with Gasteiger partial charge in [0.2, 0.25) is 5.91 Å². The zero-order chi connectivity index (χ0) is 13.5. The van der Waals surface area contributed by atoms with Crippen LogP contribution in [0.3, 0.4) is 0 Å². The first-order valence-corrected chi connectivity index (χ1v) is 5.99. The minimum Gasteiger partial charge on any atom is -0.392 e. The number of aryl methyl sites for hydroxylation is 1. The molecule has 1 aromatic rings. The number of carbonyl (C=O) groups excluding carboxylic acids is 1. The maximum Gasteiger partial charge on any atom is 0.241 e. The van der Waals surface area contributed by atoms with E-state index in [2.05, 4.69) is 10.4 Å². The number of ether oxygens (including phenoxy) is 1. The third-order valence-electron chi connectivity index (χ3n) is 2.83. The average Bonchev–Trinajstić information content (AvgIpc) is 2.60. The van der Waals surface area contributed by atoms with E-state index in [0.717, 1.165) is 23.4 Å². The van der Waals surface area contributed by atoms with Crippen LogP contribution in [-0.2, 0) is 22.7 Å². The van der Waals surface area contributed by atoms with Gasteiger partial charge in [0.1, 0.15) is 6.54 Å². The SMILES string of the molecule is COCCCNC(=O)Cn1nc(C)c(CO)c1C. The van der Waals surface area contributed by atoms with Crippen molar-refractivity contribution in [2.75, 3.05) is 20.3 Å². The highest BCUT2D eigenvalue weighted by Gasteiger charge is 2.12. The summed E-state index contributed by atoms with van der Waals surface area (Å²) in [5, 5.41) is 16.2. The van der Waals surface area contributed by atoms with Gasteiger partial charge < -0.3 is 15.2 Å². The van der Waals surface area contributed by atoms with Crippen LogP contribution in [0.15, 0.2) is 0 Å². The van der Waals surface area contributed by atoms with Crippen molar-refractivity contribution >= 4 is 5.91 Å². The number of nitrogens with zero attached hydrogens (tertiary/aromatic N) is 2. The van der Waals surface area contributed by atoms with Crippen molar-refractivity contribution in [3.05, 3.63) is 17.0 Å². The number of amides is 1. The van der Waals surface area contributed by atoms with Crippen LogP contribution in [-0.4, -0.2) is 41.1 Å². The van der Waals surface area contributed by atoms with Crippen molar-refractivity contribution < 1.29 is 14.6 Å². The average molecular weight is 255 g/mol. The molecule has 0 spiro atoms. The van der Waals surface area contributed by atoms with Crippen LogP contribution in [0.2, 0.25) is 0 Å². The lowest BCUT2D eigenvalue weighted by Gasteiger charge is -2.06. The van der Waals surface area contributed by atoms with Gasteiger partial charge >= 0.3 is 0 Å². The summed E-state index contributed by atoms with van der Waals surface area (Å²) in [5.41, 5.74) is 2.39. The molecule has 0 unspecified atom stereocenters. The summed E-state index contributed by atoms with van der Waals surface area (Å²) in [6.45, 7) is 5.04. The van der Waals surface area contributed by atoms with Gasteiger partial charge in [0, 0.05) is 31.5 Å². The molecular formula is C12H21N3O3. The molecule has 1 rings (SSSR count). The second-order valence-corrected chi connectivity index (χ2v) is 4.16. The molecule has 1 amide bonds. The largest absolute Gasteiger partial charge is 0.392 e. The summed E-state index contributed by atoms with van der Waals surface area (Å²) in [5.74, 6) is -0.0822. The molecule has 0 bridgehead atoms. The molecule has 0 saturated heterocycles. The highest BCUT2D eigenvalue weighted by molar-refractivity contribution is 5.75. The molecule has 1 aromatic heterocycles. The zero-order valence-electron chi connectivity index (χ0n) is 11.2. The van der Waals surface area contributed by atoms with Crippen LogP contribution in [0.5, 0.6) is 0 Å². The first-order valence-electron chi connectivity index (χ1n) is 5.99. The van der Waals surface area contributed by atoms with E-state index < -0.39 is 0 Å². The number of nitrogens with one attached hydrogen (secondary N) is 1. The highest BCUT2D eigenvalue weighted by Crippen LogP contribution is 2.12. The van der Waals surface area contributed by atoms with Crippen molar-refractivity contribution in [3.63, 3.8) is 0 Å². The monoisotopic (exact) mass is 255 g/mol. The number of rotatable bonds is 7. The predicted octanol–water partition coefficient (Wildman–Crippen LogP) is 0.145. The number of carbonyl (C=O) groups is 1. The molecule has 0 radical (unpaired) electrons. The summed E-state index contributed by atoms with van der Waals surface area (Å²) in [6, 6.07) is 0. The van der Waals surface area contributed by atoms with E-state index in [-0.39, 0.29) is 19.1 Å². The summed E-state index contributed by atoms with van der Waals surface area (Å²) >= 11 is 0. The van der Waals surface area contributed by atoms with Gasteiger partial charge in [-0.3, -0.25) is 9.48 Å². The minimum absolute atomic E-state index is 0.0485. The van der Waals surface area contributed by atoms with Crippen LogP contribution in [0.4, 0.5) is 0 Å². The molecule has 0 aliphatic rings. The van der Waals surface area contributed by atoms with Gasteiger partial charge in [0.05, 0.1) is 12.3 Å². The van der Waals surface area contributed by atoms with Gasteiger partial charge in [-0.25, -0.2) is 0 Å². The number of methoxy groups -OCH3 is 1. The Kier molecular flexibility index (Phi) is 5.80. The van der Waals surface area contributed by atoms with Gasteiger partial charge in [0.15, 0.2) is 0 Å². The normalized spacial score (nSPS) is 10.7. The van der Waals surface area contributed by atoms with E-state index in [9.17, 15) is 9.90 Å². The third-order valence-corrected chi connectivity index (χ3v) is 2.83. The van der Waals surface area contributed by atoms with E-state index in [1.807, 2.05) is 13.8 Å². The lowest BCUT2D eigenvalue weighted by atomic mass is 10.2. The molecule has 0 aromatic carbocycles. The molecule has 6 heteroatoms. The van der Waals surface area contributed by atoms with Crippen molar-refractivity contribution in [2.45, 2.75) is 33.4 Å². The third kappa shape index (κ3) is 3.82. The molecule has 0 fully saturated rings. The second kappa shape index (κ2) is 7.13. The van der Waals surface area contributed by atoms with Crippen LogP contribution in [0.1, 0.15) is 23.4 Å². The van der Waals surface area contributed by atoms with Gasteiger partial charge in [-0.05, 0) is 20.3 Å². The van der Waals surface area contributed by atoms with Gasteiger partial charge in [0.25, 0.3) is 0 Å². The molecule has 0 aliphatic heterocycles. The Bertz CT molecular complexity index is 402. The fourth-order valence-electron chi connectivity index (χ4n) is 1.75. The number of aliphatic hydroxyl groups is 1. The molecular weight excluding hydrogens is 234 g/mol. The standard InChI is InChI=1S/C12H21N3O3/c1-9-11(8-16)10(2)15(14-9)7-12(17)13-5-4-6-18-3/h16H,4-8H2,1-3H3,(H,13,17). The Morgan fingerprint density at radius 2 is 2.22 bits per heavy atom. The molecule has 0 saturated carbocycles. The van der Waals surface area contributed by atoms with Crippen LogP contribution >= 0.6 is 0 Å². The van der Waals surface area contributed by atoms with Crippen LogP contribution in [0.25, 0.3) is 0 Å². The first-order chi connectivity index (χ1) is 8.60. The number of hydrogen-bond donors (Lipinski definition) is 2. The second-order valence-electron chi connectivity index (χ2n) is 4.16. The van der Waals surface area contributed by atoms with Crippen LogP contribution < -0.4 is 5.32 Å². The summed E-state index contributed by atoms with van der Waals surface area (Å²) in [4.78, 5) is 11.7. The van der Waals surface area contributed by atoms with Crippen molar-refractivity contribution in [1.29, 1.82) is 0 Å². The van der Waals surface area contributed by atoms with Crippen molar-refractivity contribution in [3.8, 4) is 0 Å². The fourth-order valence-corrected chi connectivity index (χ4v) is 1.75. The number of aliphatic hydroxyl groups excluding tert-OH is 1. The van der Waals surface area contributed by atoms with Crippen LogP contribution in [0, 0.1) is 13.8 Å². The smallest absolute Gasteiger partial charge is 0.241 e. The molecule has 18 heavy (non-hydrogen) atoms. The maximum atomic E-state index is 11.7. The minimum atomic E-state index is -0.0822. The molecule has 2 N–H and O–H groups in total. The fraction of sp³-hybridized carbons (Fsp3) is 0.667. The highest BCUT2D eigenvalue weighted by atomic mass is 16.5. The summed E-state index contributed by atoms with van der Waals surface area (Å²) < 4.78 is 6.52. The maximum absolute atomic E-state index is 11.7. The van der Waals surface area contributed by atoms with Gasteiger partial charge in [-0.1, -0.05) is 0 Å². The lowest BCUT2D eigenvalue weighted by molar-refractivity contribution is -0.121. The Morgan fingerprint density at radius 3 is 2.78 bits per heavy atom. The van der Waals surface area contributed by atoms with Crippen molar-refractivity contribution in [2.24, 2.45) is 0 Å². The topological polar surface area (TPSA) is 76.4 Å². The first kappa shape index (κ1) is 14.7. The molecule has 0 atom stereocenters. The lowest BCUT2D eigenvalue weighted by Crippen LogP contribution is -2.29. The Labute approximate surface area is 107 Å². The Hall–Kier alpha value is -1.40. The summed E-state index contributed by atoms with van der Waals surface area (Å²) in [6.07, 6.45) is 0.793. The van der Waals surface area contributed by atoms with E-state index in [4.69, 9.17) is 4.74 Å². The van der Waals surface area contributed by atoms with Gasteiger partial charge in [-0.15, -0.1) is 0 Å². The molecule has 1 heterocycles. The van der Waals surface area contributed by atoms with E-state index in [1.165, 1.54) is 0 Å². The van der Waals surface area contributed by atoms with Gasteiger partial charge in [-0.2, -0.15) is 5.10 Å². The summed E-state index contributed by atoms with van der Waals surface area (Å²) in [7, 11) is 1.63. The Morgan fingerprint density at radius 1 is 1.50 bits per heavy atom. The zero-order valence-corrected chi connectivity index (χ0v) is 11.2. The predicted molar refractivity (Wildman–Crippen MR) is 67.1 cm³/mol. The van der Waals surface area contributed by atoms with E-state index >= 15 is 0 Å². The van der Waals surface area contributed by atoms with E-state index in [1.54, 1.807) is 11.8 Å². The van der Waals surface area contributed by atoms with E-state index in [0.29, 0.717) is 13.2 Å². The van der Waals surface area contributed by atoms with Crippen molar-refractivity contribution in [1.82, 2.24) is 15.1 Å². The number of aromatic nitrogens is 2. The molecule has 6 nitrogen and oxygen atoms in total. The molecule has 0 aliphatic carbocycles.